The molecular weight excluding hydrogens is 268 g/mol. The van der Waals surface area contributed by atoms with Gasteiger partial charge in [-0.1, -0.05) is 0 Å². The van der Waals surface area contributed by atoms with Gasteiger partial charge in [0.15, 0.2) is 0 Å². The number of benzene rings is 1. The number of primary amides is 1. The number of hydrogen-bond acceptors (Lipinski definition) is 4. The predicted molar refractivity (Wildman–Crippen MR) is 63.9 cm³/mol. The van der Waals surface area contributed by atoms with Crippen LogP contribution >= 0.6 is 10.7 Å². The van der Waals surface area contributed by atoms with Crippen molar-refractivity contribution in [3.63, 3.8) is 0 Å². The fraction of sp³-hybridized carbons (Fsp3) is 0.222. The minimum Gasteiger partial charge on any atom is -0.492 e. The fourth-order valence-electron chi connectivity index (χ4n) is 1.17. The summed E-state index contributed by atoms with van der Waals surface area (Å²) in [5, 5.41) is 2.26. The highest BCUT2D eigenvalue weighted by atomic mass is 35.7. The highest BCUT2D eigenvalue weighted by Crippen LogP contribution is 2.29. The Bertz CT molecular complexity index is 530. The quantitative estimate of drug-likeness (QED) is 0.815. The van der Waals surface area contributed by atoms with Gasteiger partial charge in [0.25, 0.3) is 9.05 Å². The topological polar surface area (TPSA) is 98.5 Å². The van der Waals surface area contributed by atoms with E-state index in [2.05, 4.69) is 5.32 Å². The van der Waals surface area contributed by atoms with Gasteiger partial charge in [-0.3, -0.25) is 0 Å². The number of carbonyl (C=O) groups excluding carboxylic acids is 1. The van der Waals surface area contributed by atoms with Crippen molar-refractivity contribution >= 4 is 31.5 Å². The van der Waals surface area contributed by atoms with Gasteiger partial charge in [0.2, 0.25) is 0 Å². The summed E-state index contributed by atoms with van der Waals surface area (Å²) in [6.07, 6.45) is 0. The number of hydrogen-bond donors (Lipinski definition) is 2. The lowest BCUT2D eigenvalue weighted by Crippen LogP contribution is -2.20. The molecule has 1 aromatic rings. The molecule has 0 aromatic heterocycles. The van der Waals surface area contributed by atoms with E-state index in [-0.39, 0.29) is 10.6 Å². The average Bonchev–Trinajstić information content (AvgIpc) is 2.18. The summed E-state index contributed by atoms with van der Waals surface area (Å²) >= 11 is 0. The number of nitrogens with one attached hydrogen (secondary N) is 1. The number of anilines is 1. The van der Waals surface area contributed by atoms with Crippen LogP contribution in [0.5, 0.6) is 5.75 Å². The Balaban J connectivity index is 3.23. The van der Waals surface area contributed by atoms with E-state index in [1.54, 1.807) is 6.92 Å². The molecule has 1 rings (SSSR count). The van der Waals surface area contributed by atoms with Crippen LogP contribution in [-0.2, 0) is 9.05 Å². The van der Waals surface area contributed by atoms with Gasteiger partial charge in [0, 0.05) is 10.7 Å². The molecule has 3 N–H and O–H groups in total. The molecule has 94 valence electrons. The van der Waals surface area contributed by atoms with Crippen LogP contribution in [-0.4, -0.2) is 21.1 Å². The number of nitrogens with two attached hydrogens (primary N) is 1. The van der Waals surface area contributed by atoms with E-state index in [4.69, 9.17) is 21.2 Å². The van der Waals surface area contributed by atoms with Crippen LogP contribution in [0.4, 0.5) is 10.5 Å². The monoisotopic (exact) mass is 278 g/mol. The Morgan fingerprint density at radius 3 is 2.65 bits per heavy atom. The molecule has 0 saturated carbocycles. The summed E-state index contributed by atoms with van der Waals surface area (Å²) in [6, 6.07) is 3.02. The van der Waals surface area contributed by atoms with Gasteiger partial charge in [-0.25, -0.2) is 13.2 Å². The molecule has 0 aliphatic rings. The first-order chi connectivity index (χ1) is 7.84. The third-order valence-electron chi connectivity index (χ3n) is 1.79. The minimum absolute atomic E-state index is 0.147. The van der Waals surface area contributed by atoms with Gasteiger partial charge < -0.3 is 15.8 Å². The minimum atomic E-state index is -3.87. The number of carbonyl (C=O) groups is 1. The van der Waals surface area contributed by atoms with Gasteiger partial charge in [-0.05, 0) is 25.1 Å². The largest absolute Gasteiger partial charge is 0.492 e. The molecule has 0 heterocycles. The molecule has 0 saturated heterocycles. The van der Waals surface area contributed by atoms with E-state index >= 15 is 0 Å². The maximum atomic E-state index is 11.1. The van der Waals surface area contributed by atoms with Crippen molar-refractivity contribution in [3.05, 3.63) is 18.2 Å². The number of amides is 2. The second kappa shape index (κ2) is 5.24. The van der Waals surface area contributed by atoms with Crippen LogP contribution in [0.2, 0.25) is 0 Å². The zero-order valence-corrected chi connectivity index (χ0v) is 10.5. The Morgan fingerprint density at radius 2 is 2.18 bits per heavy atom. The Hall–Kier alpha value is -1.47. The zero-order valence-electron chi connectivity index (χ0n) is 8.94. The zero-order chi connectivity index (χ0) is 13.1. The van der Waals surface area contributed by atoms with Gasteiger partial charge in [-0.15, -0.1) is 0 Å². The van der Waals surface area contributed by atoms with Crippen molar-refractivity contribution in [1.29, 1.82) is 0 Å². The smallest absolute Gasteiger partial charge is 0.316 e. The molecule has 0 unspecified atom stereocenters. The van der Waals surface area contributed by atoms with Crippen molar-refractivity contribution < 1.29 is 17.9 Å². The number of ether oxygens (including phenoxy) is 1. The summed E-state index contributed by atoms with van der Waals surface area (Å²) in [7, 11) is 1.32. The van der Waals surface area contributed by atoms with Crippen LogP contribution in [0.3, 0.4) is 0 Å². The predicted octanol–water partition coefficient (Wildman–Crippen LogP) is 1.50. The van der Waals surface area contributed by atoms with Crippen LogP contribution in [0, 0.1) is 0 Å². The number of urea groups is 1. The summed E-state index contributed by atoms with van der Waals surface area (Å²) in [4.78, 5) is 10.6. The molecule has 0 fully saturated rings. The molecule has 0 radical (unpaired) electrons. The van der Waals surface area contributed by atoms with Gasteiger partial charge >= 0.3 is 6.03 Å². The highest BCUT2D eigenvalue weighted by Gasteiger charge is 2.14. The molecule has 1 aromatic carbocycles. The van der Waals surface area contributed by atoms with E-state index in [0.29, 0.717) is 12.4 Å². The molecule has 6 nitrogen and oxygen atoms in total. The Kier molecular flexibility index (Phi) is 4.19. The first kappa shape index (κ1) is 13.6. The molecular formula is C9H11ClN2O4S. The first-order valence-electron chi connectivity index (χ1n) is 4.62. The highest BCUT2D eigenvalue weighted by molar-refractivity contribution is 8.13. The number of halogens is 1. The summed E-state index contributed by atoms with van der Waals surface area (Å²) in [5.74, 6) is 0.315. The number of rotatable bonds is 4. The maximum Gasteiger partial charge on any atom is 0.316 e. The third-order valence-corrected chi connectivity index (χ3v) is 3.14. The fourth-order valence-corrected chi connectivity index (χ4v) is 1.95. The molecule has 17 heavy (non-hydrogen) atoms. The van der Waals surface area contributed by atoms with E-state index < -0.39 is 15.1 Å². The van der Waals surface area contributed by atoms with Crippen molar-refractivity contribution in [2.45, 2.75) is 11.8 Å². The maximum absolute atomic E-state index is 11.1. The Morgan fingerprint density at radius 1 is 1.53 bits per heavy atom. The molecule has 0 aliphatic carbocycles. The summed E-state index contributed by atoms with van der Waals surface area (Å²) in [5.41, 5.74) is 5.11. The van der Waals surface area contributed by atoms with E-state index in [1.165, 1.54) is 18.2 Å². The molecule has 0 bridgehead atoms. The standard InChI is InChI=1S/C9H11ClN2O4S/c1-2-16-8-4-3-6(17(10,14)15)5-7(8)12-9(11)13/h3-5H,2H2,1H3,(H3,11,12,13). The van der Waals surface area contributed by atoms with Crippen LogP contribution in [0.1, 0.15) is 6.92 Å². The van der Waals surface area contributed by atoms with E-state index in [9.17, 15) is 13.2 Å². The van der Waals surface area contributed by atoms with Crippen molar-refractivity contribution in [3.8, 4) is 5.75 Å². The molecule has 0 spiro atoms. The lowest BCUT2D eigenvalue weighted by Gasteiger charge is -2.11. The Labute approximate surface area is 103 Å². The summed E-state index contributed by atoms with van der Waals surface area (Å²) < 4.78 is 27.4. The molecule has 0 atom stereocenters. The van der Waals surface area contributed by atoms with Crippen LogP contribution in [0.25, 0.3) is 0 Å². The first-order valence-corrected chi connectivity index (χ1v) is 6.93. The van der Waals surface area contributed by atoms with Crippen LogP contribution < -0.4 is 15.8 Å². The summed E-state index contributed by atoms with van der Waals surface area (Å²) in [6.45, 7) is 2.11. The average molecular weight is 279 g/mol. The second-order valence-corrected chi connectivity index (χ2v) is 5.58. The van der Waals surface area contributed by atoms with Gasteiger partial charge in [0.05, 0.1) is 17.2 Å². The molecule has 8 heteroatoms. The van der Waals surface area contributed by atoms with E-state index in [0.717, 1.165) is 0 Å². The molecule has 2 amide bonds. The van der Waals surface area contributed by atoms with Crippen molar-refractivity contribution in [1.82, 2.24) is 0 Å². The lowest BCUT2D eigenvalue weighted by molar-refractivity contribution is 0.259. The normalized spacial score (nSPS) is 10.9. The van der Waals surface area contributed by atoms with Gasteiger partial charge in [0.1, 0.15) is 5.75 Å². The van der Waals surface area contributed by atoms with Crippen molar-refractivity contribution in [2.24, 2.45) is 5.73 Å². The van der Waals surface area contributed by atoms with Gasteiger partial charge in [-0.2, -0.15) is 0 Å². The second-order valence-electron chi connectivity index (χ2n) is 3.02. The van der Waals surface area contributed by atoms with Crippen molar-refractivity contribution in [2.75, 3.05) is 11.9 Å². The van der Waals surface area contributed by atoms with Crippen LogP contribution in [0.15, 0.2) is 23.1 Å². The SMILES string of the molecule is CCOc1ccc(S(=O)(=O)Cl)cc1NC(N)=O. The third kappa shape index (κ3) is 3.79. The van der Waals surface area contributed by atoms with E-state index in [1.807, 2.05) is 0 Å². The lowest BCUT2D eigenvalue weighted by atomic mass is 10.3. The molecule has 0 aliphatic heterocycles.